The van der Waals surface area contributed by atoms with Crippen LogP contribution in [0, 0.1) is 24.0 Å². The van der Waals surface area contributed by atoms with Crippen molar-refractivity contribution in [3.05, 3.63) is 77.4 Å². The van der Waals surface area contributed by atoms with Crippen molar-refractivity contribution in [3.63, 3.8) is 0 Å². The lowest BCUT2D eigenvalue weighted by atomic mass is 9.82. The molecule has 2 N–H and O–H groups in total. The van der Waals surface area contributed by atoms with Gasteiger partial charge in [-0.15, -0.1) is 0 Å². The van der Waals surface area contributed by atoms with Gasteiger partial charge in [0.1, 0.15) is 29.1 Å². The van der Waals surface area contributed by atoms with Gasteiger partial charge in [-0.2, -0.15) is 0 Å². The van der Waals surface area contributed by atoms with Crippen LogP contribution in [0.4, 0.5) is 20.3 Å². The fraction of sp³-hybridized carbons (Fsp3) is 0.389. The number of aliphatic carboxylic acids is 1. The molecule has 1 aliphatic heterocycles. The molecule has 0 saturated carbocycles. The van der Waals surface area contributed by atoms with Gasteiger partial charge in [-0.1, -0.05) is 26.0 Å². The Kier molecular flexibility index (Phi) is 8.38. The highest BCUT2D eigenvalue weighted by molar-refractivity contribution is 6.05. The summed E-state index contributed by atoms with van der Waals surface area (Å²) in [5, 5.41) is 14.2. The van der Waals surface area contributed by atoms with Crippen LogP contribution in [-0.4, -0.2) is 44.7 Å². The van der Waals surface area contributed by atoms with Crippen molar-refractivity contribution in [1.82, 2.24) is 15.0 Å². The molecule has 1 saturated heterocycles. The Hall–Kier alpha value is -4.64. The zero-order chi connectivity index (χ0) is 33.7. The van der Waals surface area contributed by atoms with Crippen LogP contribution in [0.3, 0.4) is 0 Å². The number of nitrogens with one attached hydrogen (secondary N) is 1. The van der Waals surface area contributed by atoms with Crippen molar-refractivity contribution in [2.45, 2.75) is 72.6 Å². The first kappa shape index (κ1) is 32.3. The summed E-state index contributed by atoms with van der Waals surface area (Å²) in [5.74, 6) is -2.38. The van der Waals surface area contributed by atoms with Gasteiger partial charge in [0.25, 0.3) is 0 Å². The van der Waals surface area contributed by atoms with E-state index in [0.717, 1.165) is 18.2 Å². The molecule has 0 aliphatic carbocycles. The summed E-state index contributed by atoms with van der Waals surface area (Å²) in [6, 6.07) is 9.96. The van der Waals surface area contributed by atoms with Gasteiger partial charge in [-0.25, -0.2) is 23.5 Å². The number of carboxylic acids is 1. The molecule has 11 heteroatoms. The molecule has 1 fully saturated rings. The van der Waals surface area contributed by atoms with Crippen molar-refractivity contribution >= 4 is 39.5 Å². The Bertz CT molecular complexity index is 1950. The molecule has 1 aliphatic rings. The lowest BCUT2D eigenvalue weighted by molar-refractivity contribution is -0.160. The molecule has 5 aromatic rings. The number of aromatic nitrogens is 3. The number of anilines is 2. The second-order valence-electron chi connectivity index (χ2n) is 13.9. The number of hydrogen-bond donors (Lipinski definition) is 2. The number of furan rings is 1. The zero-order valence-electron chi connectivity index (χ0n) is 27.4. The zero-order valence-corrected chi connectivity index (χ0v) is 27.4. The number of hydrogen-bond acceptors (Lipinski definition) is 8. The molecule has 0 unspecified atom stereocenters. The SMILES string of the molecule is Cc1ncc(-c2cc(F)c(CNc3ncnc4c3oc3ccccc34)c(F)c2)c(N2CCC(C)(C)CC2)c1[C@H](OC(C)(C)C)C(=O)O. The van der Waals surface area contributed by atoms with Gasteiger partial charge >= 0.3 is 5.97 Å². The quantitative estimate of drug-likeness (QED) is 0.173. The van der Waals surface area contributed by atoms with Crippen molar-refractivity contribution in [2.24, 2.45) is 5.41 Å². The molecular weight excluding hydrogens is 604 g/mol. The number of carbonyl (C=O) groups is 1. The summed E-state index contributed by atoms with van der Waals surface area (Å²) in [5.41, 5.74) is 2.89. The van der Waals surface area contributed by atoms with Gasteiger partial charge in [0.2, 0.25) is 0 Å². The van der Waals surface area contributed by atoms with Crippen molar-refractivity contribution in [2.75, 3.05) is 23.3 Å². The van der Waals surface area contributed by atoms with Gasteiger partial charge in [0, 0.05) is 53.6 Å². The number of para-hydroxylation sites is 1. The summed E-state index contributed by atoms with van der Waals surface area (Å²) in [7, 11) is 0. The Morgan fingerprint density at radius 1 is 1.11 bits per heavy atom. The molecule has 0 amide bonds. The third-order valence-electron chi connectivity index (χ3n) is 8.72. The van der Waals surface area contributed by atoms with Crippen LogP contribution in [0.25, 0.3) is 33.2 Å². The van der Waals surface area contributed by atoms with Crippen LogP contribution >= 0.6 is 0 Å². The monoisotopic (exact) mass is 643 g/mol. The average Bonchev–Trinajstić information content (AvgIpc) is 3.38. The maximum atomic E-state index is 15.9. The predicted molar refractivity (Wildman–Crippen MR) is 177 cm³/mol. The number of halogens is 2. The Morgan fingerprint density at radius 2 is 1.79 bits per heavy atom. The number of nitrogens with zero attached hydrogens (tertiary/aromatic N) is 4. The molecule has 47 heavy (non-hydrogen) atoms. The van der Waals surface area contributed by atoms with E-state index in [2.05, 4.69) is 39.0 Å². The number of fused-ring (bicyclic) bond motifs is 3. The smallest absolute Gasteiger partial charge is 0.337 e. The Morgan fingerprint density at radius 3 is 2.45 bits per heavy atom. The van der Waals surface area contributed by atoms with E-state index in [-0.39, 0.29) is 23.1 Å². The summed E-state index contributed by atoms with van der Waals surface area (Å²) in [6.07, 6.45) is 3.32. The van der Waals surface area contributed by atoms with Crippen molar-refractivity contribution in [1.29, 1.82) is 0 Å². The molecule has 246 valence electrons. The van der Waals surface area contributed by atoms with E-state index in [0.29, 0.717) is 58.1 Å². The molecule has 2 aromatic carbocycles. The molecule has 3 aromatic heterocycles. The third-order valence-corrected chi connectivity index (χ3v) is 8.72. The molecule has 0 bridgehead atoms. The highest BCUT2D eigenvalue weighted by Gasteiger charge is 2.36. The number of rotatable bonds is 8. The van der Waals surface area contributed by atoms with E-state index in [4.69, 9.17) is 9.15 Å². The second-order valence-corrected chi connectivity index (χ2v) is 13.9. The molecule has 1 atom stereocenters. The van der Waals surface area contributed by atoms with Gasteiger partial charge in [-0.3, -0.25) is 4.98 Å². The number of aryl methyl sites for hydroxylation is 1. The maximum Gasteiger partial charge on any atom is 0.337 e. The first-order chi connectivity index (χ1) is 22.2. The summed E-state index contributed by atoms with van der Waals surface area (Å²) in [6.45, 7) is 12.6. The van der Waals surface area contributed by atoms with Crippen LogP contribution in [0.5, 0.6) is 0 Å². The lowest BCUT2D eigenvalue weighted by Gasteiger charge is -2.41. The summed E-state index contributed by atoms with van der Waals surface area (Å²) in [4.78, 5) is 27.9. The minimum Gasteiger partial charge on any atom is -0.479 e. The third kappa shape index (κ3) is 6.49. The van der Waals surface area contributed by atoms with E-state index < -0.39 is 29.3 Å². The van der Waals surface area contributed by atoms with E-state index in [1.54, 1.807) is 33.9 Å². The fourth-order valence-corrected chi connectivity index (χ4v) is 6.15. The predicted octanol–water partition coefficient (Wildman–Crippen LogP) is 8.20. The highest BCUT2D eigenvalue weighted by atomic mass is 19.1. The lowest BCUT2D eigenvalue weighted by Crippen LogP contribution is -2.39. The summed E-state index contributed by atoms with van der Waals surface area (Å²) < 4.78 is 43.7. The van der Waals surface area contributed by atoms with Gasteiger partial charge in [0.15, 0.2) is 17.5 Å². The Balaban J connectivity index is 1.40. The number of pyridine rings is 1. The molecule has 6 rings (SSSR count). The van der Waals surface area contributed by atoms with Gasteiger partial charge in [0.05, 0.1) is 11.3 Å². The molecule has 9 nitrogen and oxygen atoms in total. The van der Waals surface area contributed by atoms with Crippen molar-refractivity contribution in [3.8, 4) is 11.1 Å². The number of ether oxygens (including phenoxy) is 1. The van der Waals surface area contributed by atoms with Gasteiger partial charge < -0.3 is 24.5 Å². The normalized spacial score (nSPS) is 15.7. The van der Waals surface area contributed by atoms with E-state index in [1.807, 2.05) is 24.3 Å². The van der Waals surface area contributed by atoms with E-state index in [1.165, 1.54) is 18.5 Å². The van der Waals surface area contributed by atoms with Crippen LogP contribution in [0.2, 0.25) is 0 Å². The minimum absolute atomic E-state index is 0.109. The van der Waals surface area contributed by atoms with Crippen LogP contribution in [0.15, 0.2) is 53.3 Å². The first-order valence-electron chi connectivity index (χ1n) is 15.7. The van der Waals surface area contributed by atoms with Gasteiger partial charge in [-0.05, 0) is 75.8 Å². The fourth-order valence-electron chi connectivity index (χ4n) is 6.15. The topological polar surface area (TPSA) is 114 Å². The highest BCUT2D eigenvalue weighted by Crippen LogP contribution is 2.44. The average molecular weight is 644 g/mol. The van der Waals surface area contributed by atoms with Crippen LogP contribution in [0.1, 0.15) is 70.4 Å². The second kappa shape index (κ2) is 12.2. The molecular formula is C36H39F2N5O4. The first-order valence-corrected chi connectivity index (χ1v) is 15.7. The minimum atomic E-state index is -1.34. The Labute approximate surface area is 272 Å². The maximum absolute atomic E-state index is 15.9. The molecule has 0 spiro atoms. The number of benzene rings is 2. The van der Waals surface area contributed by atoms with E-state index >= 15 is 8.78 Å². The standard InChI is InChI=1S/C36H39F2N5O4/c1-20-28(31(34(44)45)47-35(2,3)4)30(43-13-11-36(5,6)12-14-43)23(17-39-20)21-15-25(37)24(26(38)16-21)18-40-33-32-29(41-19-42-33)22-9-7-8-10-27(22)46-32/h7-10,15-17,19,31H,11-14,18H2,1-6H3,(H,44,45)(H,40,41,42)/t31-/m0/s1. The van der Waals surface area contributed by atoms with Crippen LogP contribution < -0.4 is 10.2 Å². The molecule has 4 heterocycles. The number of carboxylic acid groups (broad SMARTS) is 1. The number of piperidine rings is 1. The summed E-state index contributed by atoms with van der Waals surface area (Å²) >= 11 is 0. The molecule has 0 radical (unpaired) electrons. The largest absolute Gasteiger partial charge is 0.479 e. The van der Waals surface area contributed by atoms with Crippen LogP contribution in [-0.2, 0) is 16.1 Å². The van der Waals surface area contributed by atoms with E-state index in [9.17, 15) is 9.90 Å². The van der Waals surface area contributed by atoms with Crippen molar-refractivity contribution < 1.29 is 27.8 Å².